The topological polar surface area (TPSA) is 119 Å². The Morgan fingerprint density at radius 1 is 1.06 bits per heavy atom. The first-order valence-electron chi connectivity index (χ1n) is 4.55. The number of hydrogen-bond donors (Lipinski definition) is 1. The Kier molecular flexibility index (Phi) is 2.71. The van der Waals surface area contributed by atoms with Crippen LogP contribution in [0.4, 0.5) is 11.4 Å². The number of H-pyrrole nitrogens is 1. The van der Waals surface area contributed by atoms with Crippen molar-refractivity contribution in [3.05, 3.63) is 53.8 Å². The Morgan fingerprint density at radius 3 is 2.17 bits per heavy atom. The van der Waals surface area contributed by atoms with Crippen molar-refractivity contribution in [2.45, 2.75) is 0 Å². The molecule has 1 heterocycles. The Morgan fingerprint density at radius 2 is 1.61 bits per heavy atom. The number of rotatable bonds is 2. The van der Waals surface area contributed by atoms with Gasteiger partial charge in [-0.3, -0.25) is 25.0 Å². The highest BCUT2D eigenvalue weighted by atomic mass is 35.5. The lowest BCUT2D eigenvalue weighted by Gasteiger charge is -2.00. The van der Waals surface area contributed by atoms with Gasteiger partial charge in [-0.2, -0.15) is 0 Å². The summed E-state index contributed by atoms with van der Waals surface area (Å²) in [4.78, 5) is 33.2. The van der Waals surface area contributed by atoms with Crippen molar-refractivity contribution >= 4 is 33.9 Å². The molecule has 2 rings (SSSR count). The zero-order chi connectivity index (χ0) is 13.4. The third kappa shape index (κ3) is 1.89. The molecule has 0 saturated carbocycles. The van der Waals surface area contributed by atoms with E-state index in [1.54, 1.807) is 0 Å². The van der Waals surface area contributed by atoms with Gasteiger partial charge in [0.05, 0.1) is 15.4 Å². The number of fused-ring (bicyclic) bond motifs is 1. The van der Waals surface area contributed by atoms with Crippen molar-refractivity contribution in [2.24, 2.45) is 0 Å². The van der Waals surface area contributed by atoms with Gasteiger partial charge < -0.3 is 4.98 Å². The van der Waals surface area contributed by atoms with Crippen molar-refractivity contribution in [3.63, 3.8) is 0 Å². The molecule has 0 atom stereocenters. The van der Waals surface area contributed by atoms with Gasteiger partial charge in [-0.05, 0) is 6.07 Å². The molecule has 0 aliphatic rings. The van der Waals surface area contributed by atoms with E-state index in [9.17, 15) is 25.0 Å². The third-order valence-electron chi connectivity index (χ3n) is 2.29. The van der Waals surface area contributed by atoms with Gasteiger partial charge >= 0.3 is 11.2 Å². The highest BCUT2D eigenvalue weighted by molar-refractivity contribution is 6.33. The van der Waals surface area contributed by atoms with E-state index in [2.05, 4.69) is 4.98 Å². The van der Waals surface area contributed by atoms with Crippen molar-refractivity contribution in [2.75, 3.05) is 0 Å². The maximum absolute atomic E-state index is 11.3. The lowest BCUT2D eigenvalue weighted by molar-refractivity contribution is -0.386. The lowest BCUT2D eigenvalue weighted by Crippen LogP contribution is -2.11. The minimum Gasteiger partial charge on any atom is -0.316 e. The van der Waals surface area contributed by atoms with Crippen LogP contribution in [0.2, 0.25) is 5.02 Å². The molecule has 0 aliphatic carbocycles. The number of benzene rings is 1. The fraction of sp³-hybridized carbons (Fsp3) is 0. The molecule has 2 aromatic rings. The molecule has 8 nitrogen and oxygen atoms in total. The molecular weight excluding hydrogens is 266 g/mol. The predicted molar refractivity (Wildman–Crippen MR) is 62.9 cm³/mol. The summed E-state index contributed by atoms with van der Waals surface area (Å²) in [6.07, 6.45) is 0. The molecular formula is C9H4ClN3O5. The molecule has 0 bridgehead atoms. The molecule has 1 aromatic carbocycles. The fourth-order valence-electron chi connectivity index (χ4n) is 1.48. The normalized spacial score (nSPS) is 10.5. The molecule has 1 aromatic heterocycles. The van der Waals surface area contributed by atoms with E-state index in [1.807, 2.05) is 0 Å². The molecule has 18 heavy (non-hydrogen) atoms. The largest absolute Gasteiger partial charge is 0.334 e. The van der Waals surface area contributed by atoms with E-state index in [4.69, 9.17) is 11.6 Å². The highest BCUT2D eigenvalue weighted by Gasteiger charge is 2.18. The number of aromatic nitrogens is 1. The summed E-state index contributed by atoms with van der Waals surface area (Å²) in [5.41, 5.74) is -1.76. The zero-order valence-electron chi connectivity index (χ0n) is 8.55. The van der Waals surface area contributed by atoms with Crippen molar-refractivity contribution in [3.8, 4) is 0 Å². The number of nitro groups is 2. The van der Waals surface area contributed by atoms with Gasteiger partial charge in [0.1, 0.15) is 5.02 Å². The monoisotopic (exact) mass is 269 g/mol. The Bertz CT molecular complexity index is 739. The van der Waals surface area contributed by atoms with Gasteiger partial charge in [0.25, 0.3) is 5.69 Å². The maximum atomic E-state index is 11.3. The molecule has 0 aliphatic heterocycles. The number of nitrogens with zero attached hydrogens (tertiary/aromatic N) is 2. The van der Waals surface area contributed by atoms with Gasteiger partial charge in [-0.15, -0.1) is 0 Å². The average molecular weight is 270 g/mol. The first-order valence-corrected chi connectivity index (χ1v) is 4.93. The second-order valence-corrected chi connectivity index (χ2v) is 3.80. The summed E-state index contributed by atoms with van der Waals surface area (Å²) in [6.45, 7) is 0. The van der Waals surface area contributed by atoms with Crippen LogP contribution in [0, 0.1) is 20.2 Å². The fourth-order valence-corrected chi connectivity index (χ4v) is 1.71. The average Bonchev–Trinajstić information content (AvgIpc) is 2.26. The number of pyridine rings is 1. The lowest BCUT2D eigenvalue weighted by atomic mass is 10.2. The van der Waals surface area contributed by atoms with E-state index in [1.165, 1.54) is 6.07 Å². The Hall–Kier alpha value is -2.48. The molecule has 0 saturated heterocycles. The van der Waals surface area contributed by atoms with E-state index in [0.29, 0.717) is 0 Å². The minimum absolute atomic E-state index is 0.156. The van der Waals surface area contributed by atoms with Crippen LogP contribution in [0.5, 0.6) is 0 Å². The van der Waals surface area contributed by atoms with Gasteiger partial charge in [0, 0.05) is 17.5 Å². The maximum Gasteiger partial charge on any atom is 0.334 e. The quantitative estimate of drug-likeness (QED) is 0.660. The van der Waals surface area contributed by atoms with Crippen molar-refractivity contribution < 1.29 is 9.85 Å². The SMILES string of the molecule is O=c1[nH]c2cc(Cl)c([N+](=O)[O-])cc2cc1[N+](=O)[O-]. The molecule has 9 heteroatoms. The van der Waals surface area contributed by atoms with Gasteiger partial charge in [-0.1, -0.05) is 11.6 Å². The second-order valence-electron chi connectivity index (χ2n) is 3.39. The number of halogens is 1. The summed E-state index contributed by atoms with van der Waals surface area (Å²) >= 11 is 5.66. The molecule has 0 unspecified atom stereocenters. The number of hydrogen-bond acceptors (Lipinski definition) is 5. The summed E-state index contributed by atoms with van der Waals surface area (Å²) in [7, 11) is 0. The highest BCUT2D eigenvalue weighted by Crippen LogP contribution is 2.29. The van der Waals surface area contributed by atoms with Gasteiger partial charge in [0.2, 0.25) is 0 Å². The summed E-state index contributed by atoms with van der Waals surface area (Å²) < 4.78 is 0. The van der Waals surface area contributed by atoms with E-state index < -0.39 is 21.1 Å². The van der Waals surface area contributed by atoms with E-state index in [-0.39, 0.29) is 21.6 Å². The molecule has 92 valence electrons. The first-order chi connectivity index (χ1) is 8.40. The summed E-state index contributed by atoms with van der Waals surface area (Å²) in [6, 6.07) is 3.22. The van der Waals surface area contributed by atoms with Crippen LogP contribution in [0.15, 0.2) is 23.0 Å². The summed E-state index contributed by atoms with van der Waals surface area (Å²) in [5, 5.41) is 21.3. The van der Waals surface area contributed by atoms with Crippen LogP contribution in [-0.2, 0) is 0 Å². The Labute approximate surface area is 103 Å². The molecule has 0 fully saturated rings. The van der Waals surface area contributed by atoms with Crippen LogP contribution < -0.4 is 5.56 Å². The van der Waals surface area contributed by atoms with Crippen LogP contribution >= 0.6 is 11.6 Å². The van der Waals surface area contributed by atoms with Gasteiger partial charge in [-0.25, -0.2) is 0 Å². The Balaban J connectivity index is 2.83. The molecule has 0 radical (unpaired) electrons. The third-order valence-corrected chi connectivity index (χ3v) is 2.59. The molecule has 0 amide bonds. The second kappa shape index (κ2) is 4.08. The number of aromatic amines is 1. The van der Waals surface area contributed by atoms with Crippen LogP contribution in [-0.4, -0.2) is 14.8 Å². The predicted octanol–water partition coefficient (Wildman–Crippen LogP) is 2.00. The van der Waals surface area contributed by atoms with E-state index >= 15 is 0 Å². The van der Waals surface area contributed by atoms with Crippen molar-refractivity contribution in [1.82, 2.24) is 4.98 Å². The standard InChI is InChI=1S/C9H4ClN3O5/c10-5-3-6-4(1-7(5)12(15)16)2-8(13(17)18)9(14)11-6/h1-3H,(H,11,14). The minimum atomic E-state index is -0.891. The number of nitro benzene ring substituents is 1. The smallest absolute Gasteiger partial charge is 0.316 e. The van der Waals surface area contributed by atoms with E-state index in [0.717, 1.165) is 12.1 Å². The molecule has 1 N–H and O–H groups in total. The van der Waals surface area contributed by atoms with Crippen LogP contribution in [0.1, 0.15) is 0 Å². The van der Waals surface area contributed by atoms with Crippen LogP contribution in [0.3, 0.4) is 0 Å². The zero-order valence-corrected chi connectivity index (χ0v) is 9.30. The van der Waals surface area contributed by atoms with Crippen LogP contribution in [0.25, 0.3) is 10.9 Å². The molecule has 0 spiro atoms. The number of nitrogens with one attached hydrogen (secondary N) is 1. The van der Waals surface area contributed by atoms with Gasteiger partial charge in [0.15, 0.2) is 0 Å². The summed E-state index contributed by atoms with van der Waals surface area (Å²) in [5.74, 6) is 0. The first kappa shape index (κ1) is 12.0. The van der Waals surface area contributed by atoms with Crippen molar-refractivity contribution in [1.29, 1.82) is 0 Å².